The number of benzene rings is 2. The first kappa shape index (κ1) is 22.5. The molecular formula is C25H26N4O3S. The number of aromatic nitrogens is 3. The lowest BCUT2D eigenvalue weighted by molar-refractivity contribution is -0.117. The number of carbonyl (C=O) groups is 1. The van der Waals surface area contributed by atoms with E-state index in [4.69, 9.17) is 14.5 Å². The average molecular weight is 463 g/mol. The number of anilines is 1. The van der Waals surface area contributed by atoms with E-state index in [9.17, 15) is 4.79 Å². The fourth-order valence-corrected chi connectivity index (χ4v) is 4.49. The van der Waals surface area contributed by atoms with Crippen LogP contribution in [0.3, 0.4) is 0 Å². The molecule has 0 aliphatic rings. The van der Waals surface area contributed by atoms with E-state index in [0.29, 0.717) is 28.9 Å². The van der Waals surface area contributed by atoms with E-state index >= 15 is 0 Å². The van der Waals surface area contributed by atoms with Gasteiger partial charge in [-0.2, -0.15) is 9.78 Å². The van der Waals surface area contributed by atoms with Crippen molar-refractivity contribution in [1.29, 1.82) is 0 Å². The van der Waals surface area contributed by atoms with Crippen LogP contribution in [0.25, 0.3) is 16.4 Å². The van der Waals surface area contributed by atoms with Crippen molar-refractivity contribution in [2.24, 2.45) is 0 Å². The fraction of sp³-hybridized carbons (Fsp3) is 0.240. The fourth-order valence-electron chi connectivity index (χ4n) is 3.70. The molecule has 7 nitrogen and oxygen atoms in total. The number of ether oxygens (including phenoxy) is 2. The van der Waals surface area contributed by atoms with Crippen LogP contribution in [-0.2, 0) is 4.79 Å². The van der Waals surface area contributed by atoms with Crippen LogP contribution in [0.15, 0.2) is 60.0 Å². The highest BCUT2D eigenvalue weighted by Crippen LogP contribution is 2.34. The molecule has 4 rings (SSSR count). The number of methoxy groups -OCH3 is 2. The first-order valence-corrected chi connectivity index (χ1v) is 11.5. The molecule has 1 atom stereocenters. The maximum atomic E-state index is 13.1. The van der Waals surface area contributed by atoms with Crippen molar-refractivity contribution < 1.29 is 14.3 Å². The summed E-state index contributed by atoms with van der Waals surface area (Å²) in [6.07, 6.45) is 0.698. The highest BCUT2D eigenvalue weighted by atomic mass is 32.1. The van der Waals surface area contributed by atoms with E-state index in [0.717, 1.165) is 22.5 Å². The van der Waals surface area contributed by atoms with Crippen molar-refractivity contribution in [3.05, 3.63) is 71.2 Å². The third-order valence-corrected chi connectivity index (χ3v) is 6.18. The molecule has 33 heavy (non-hydrogen) atoms. The first-order valence-electron chi connectivity index (χ1n) is 10.6. The average Bonchev–Trinajstić information content (AvgIpc) is 3.46. The summed E-state index contributed by atoms with van der Waals surface area (Å²) < 4.78 is 12.4. The van der Waals surface area contributed by atoms with Gasteiger partial charge in [-0.1, -0.05) is 37.3 Å². The first-order chi connectivity index (χ1) is 16.0. The van der Waals surface area contributed by atoms with E-state index in [2.05, 4.69) is 10.4 Å². The van der Waals surface area contributed by atoms with Crippen LogP contribution >= 0.6 is 11.3 Å². The Labute approximate surface area is 197 Å². The zero-order chi connectivity index (χ0) is 23.4. The molecular weight excluding hydrogens is 436 g/mol. The van der Waals surface area contributed by atoms with Crippen LogP contribution in [0.4, 0.5) is 5.82 Å². The predicted octanol–water partition coefficient (Wildman–Crippen LogP) is 5.45. The Morgan fingerprint density at radius 1 is 1.09 bits per heavy atom. The molecule has 1 N–H and O–H groups in total. The minimum absolute atomic E-state index is 0.0680. The molecule has 8 heteroatoms. The van der Waals surface area contributed by atoms with Crippen molar-refractivity contribution in [2.75, 3.05) is 19.5 Å². The summed E-state index contributed by atoms with van der Waals surface area (Å²) in [7, 11) is 3.21. The van der Waals surface area contributed by atoms with Gasteiger partial charge in [-0.05, 0) is 37.1 Å². The highest BCUT2D eigenvalue weighted by molar-refractivity contribution is 7.12. The number of hydrogen-bond acceptors (Lipinski definition) is 6. The smallest absolute Gasteiger partial charge is 0.233 e. The molecule has 0 aliphatic heterocycles. The van der Waals surface area contributed by atoms with Gasteiger partial charge in [-0.25, -0.2) is 4.98 Å². The number of rotatable bonds is 8. The van der Waals surface area contributed by atoms with Crippen LogP contribution in [0.1, 0.15) is 30.5 Å². The lowest BCUT2D eigenvalue weighted by Crippen LogP contribution is -2.22. The normalized spacial score (nSPS) is 11.8. The largest absolute Gasteiger partial charge is 0.493 e. The SMILES string of the molecule is CCC(C(=O)Nc1cc(C)nn1-c1nc(-c2ccc(OC)c(OC)c2)cs1)c1ccccc1. The van der Waals surface area contributed by atoms with E-state index in [1.807, 2.05) is 73.8 Å². The van der Waals surface area contributed by atoms with Gasteiger partial charge in [0.1, 0.15) is 5.82 Å². The maximum absolute atomic E-state index is 13.1. The molecule has 2 aromatic carbocycles. The van der Waals surface area contributed by atoms with E-state index < -0.39 is 0 Å². The summed E-state index contributed by atoms with van der Waals surface area (Å²) >= 11 is 1.45. The summed E-state index contributed by atoms with van der Waals surface area (Å²) in [5.41, 5.74) is 3.48. The van der Waals surface area contributed by atoms with Gasteiger partial charge in [0, 0.05) is 17.0 Å². The van der Waals surface area contributed by atoms with Crippen molar-refractivity contribution in [3.63, 3.8) is 0 Å². The molecule has 4 aromatic rings. The molecule has 2 aromatic heterocycles. The molecule has 0 saturated heterocycles. The molecule has 0 aliphatic carbocycles. The van der Waals surface area contributed by atoms with Crippen molar-refractivity contribution in [3.8, 4) is 27.9 Å². The Balaban J connectivity index is 1.61. The van der Waals surface area contributed by atoms with E-state index in [1.54, 1.807) is 18.9 Å². The van der Waals surface area contributed by atoms with Gasteiger partial charge >= 0.3 is 0 Å². The molecule has 0 bridgehead atoms. The monoisotopic (exact) mass is 462 g/mol. The summed E-state index contributed by atoms with van der Waals surface area (Å²) in [5.74, 6) is 1.59. The van der Waals surface area contributed by atoms with Crippen LogP contribution in [0.5, 0.6) is 11.5 Å². The third-order valence-electron chi connectivity index (χ3n) is 5.36. The van der Waals surface area contributed by atoms with Gasteiger partial charge in [0.25, 0.3) is 0 Å². The summed E-state index contributed by atoms with van der Waals surface area (Å²) in [6, 6.07) is 17.3. The van der Waals surface area contributed by atoms with Crippen molar-refractivity contribution in [1.82, 2.24) is 14.8 Å². The van der Waals surface area contributed by atoms with Gasteiger partial charge in [-0.3, -0.25) is 4.79 Å². The molecule has 0 saturated carbocycles. The van der Waals surface area contributed by atoms with E-state index in [1.165, 1.54) is 11.3 Å². The number of hydrogen-bond donors (Lipinski definition) is 1. The highest BCUT2D eigenvalue weighted by Gasteiger charge is 2.21. The molecule has 1 amide bonds. The standard InChI is InChI=1S/C25H26N4O3S/c1-5-19(17-9-7-6-8-10-17)24(30)27-23-13-16(2)28-29(23)25-26-20(15-33-25)18-11-12-21(31-3)22(14-18)32-4/h6-15,19H,5H2,1-4H3,(H,27,30). The maximum Gasteiger partial charge on any atom is 0.233 e. The summed E-state index contributed by atoms with van der Waals surface area (Å²) in [6.45, 7) is 3.90. The summed E-state index contributed by atoms with van der Waals surface area (Å²) in [5, 5.41) is 10.2. The third kappa shape index (κ3) is 4.75. The Kier molecular flexibility index (Phi) is 6.74. The Morgan fingerprint density at radius 3 is 2.55 bits per heavy atom. The molecule has 2 heterocycles. The number of aryl methyl sites for hydroxylation is 1. The van der Waals surface area contributed by atoms with Crippen molar-refractivity contribution >= 4 is 23.1 Å². The number of thiazole rings is 1. The van der Waals surface area contributed by atoms with Crippen molar-refractivity contribution in [2.45, 2.75) is 26.2 Å². The lowest BCUT2D eigenvalue weighted by Gasteiger charge is -2.15. The van der Waals surface area contributed by atoms with E-state index in [-0.39, 0.29) is 11.8 Å². The molecule has 1 unspecified atom stereocenters. The number of nitrogens with zero attached hydrogens (tertiary/aromatic N) is 3. The molecule has 170 valence electrons. The van der Waals surface area contributed by atoms with Crippen LogP contribution in [0.2, 0.25) is 0 Å². The zero-order valence-corrected chi connectivity index (χ0v) is 19.8. The Morgan fingerprint density at radius 2 is 1.85 bits per heavy atom. The zero-order valence-electron chi connectivity index (χ0n) is 19.0. The van der Waals surface area contributed by atoms with Gasteiger partial charge in [0.05, 0.1) is 31.5 Å². The topological polar surface area (TPSA) is 78.3 Å². The molecule has 0 fully saturated rings. The second-order valence-corrected chi connectivity index (χ2v) is 8.37. The summed E-state index contributed by atoms with van der Waals surface area (Å²) in [4.78, 5) is 17.9. The second kappa shape index (κ2) is 9.87. The number of nitrogens with one attached hydrogen (secondary N) is 1. The number of carbonyl (C=O) groups excluding carboxylic acids is 1. The second-order valence-electron chi connectivity index (χ2n) is 7.53. The van der Waals surface area contributed by atoms with Crippen LogP contribution in [-0.4, -0.2) is 34.9 Å². The predicted molar refractivity (Wildman–Crippen MR) is 131 cm³/mol. The number of amides is 1. The minimum atomic E-state index is -0.242. The molecule has 0 spiro atoms. The van der Waals surface area contributed by atoms with Gasteiger partial charge < -0.3 is 14.8 Å². The lowest BCUT2D eigenvalue weighted by atomic mass is 9.96. The van der Waals surface area contributed by atoms with Gasteiger partial charge in [0.2, 0.25) is 11.0 Å². The van der Waals surface area contributed by atoms with Gasteiger partial charge in [-0.15, -0.1) is 11.3 Å². The Bertz CT molecular complexity index is 1250. The quantitative estimate of drug-likeness (QED) is 0.377. The minimum Gasteiger partial charge on any atom is -0.493 e. The van der Waals surface area contributed by atoms with Gasteiger partial charge in [0.15, 0.2) is 11.5 Å². The Hall–Kier alpha value is -3.65. The molecule has 0 radical (unpaired) electrons. The van der Waals surface area contributed by atoms with Crippen LogP contribution in [0, 0.1) is 6.92 Å². The van der Waals surface area contributed by atoms with Crippen LogP contribution < -0.4 is 14.8 Å².